The maximum atomic E-state index is 5.27. The number of nitrogens with one attached hydrogen (secondary N) is 2. The van der Waals surface area contributed by atoms with Crippen molar-refractivity contribution in [3.63, 3.8) is 0 Å². The highest BCUT2D eigenvalue weighted by molar-refractivity contribution is 5.79. The van der Waals surface area contributed by atoms with Crippen molar-refractivity contribution in [2.24, 2.45) is 4.99 Å². The summed E-state index contributed by atoms with van der Waals surface area (Å²) in [4.78, 5) is 6.81. The fourth-order valence-electron chi connectivity index (χ4n) is 2.99. The lowest BCUT2D eigenvalue weighted by Crippen LogP contribution is -2.42. The molecule has 0 fully saturated rings. The molecule has 1 aromatic rings. The Bertz CT molecular complexity index is 514. The molecule has 26 heavy (non-hydrogen) atoms. The van der Waals surface area contributed by atoms with E-state index in [1.54, 1.807) is 7.11 Å². The fourth-order valence-corrected chi connectivity index (χ4v) is 2.99. The second kappa shape index (κ2) is 13.5. The molecule has 0 aromatic heterocycles. The lowest BCUT2D eigenvalue weighted by molar-refractivity contribution is 0.292. The second-order valence-electron chi connectivity index (χ2n) is 6.67. The van der Waals surface area contributed by atoms with Crippen molar-refractivity contribution in [1.29, 1.82) is 0 Å². The molecule has 1 atom stereocenters. The SMILES string of the molecule is CCN(CC)CCCC(C)NC(=NC)NCCCc1cccc(OC)c1. The Hall–Kier alpha value is -1.75. The number of nitrogens with zero attached hydrogens (tertiary/aromatic N) is 2. The van der Waals surface area contributed by atoms with Gasteiger partial charge in [0.05, 0.1) is 7.11 Å². The summed E-state index contributed by atoms with van der Waals surface area (Å²) in [5.74, 6) is 1.82. The minimum Gasteiger partial charge on any atom is -0.497 e. The molecular formula is C21H38N4O. The van der Waals surface area contributed by atoms with Gasteiger partial charge < -0.3 is 20.3 Å². The molecule has 0 spiro atoms. The van der Waals surface area contributed by atoms with Crippen LogP contribution in [0.15, 0.2) is 29.3 Å². The van der Waals surface area contributed by atoms with Crippen molar-refractivity contribution in [3.8, 4) is 5.75 Å². The fraction of sp³-hybridized carbons (Fsp3) is 0.667. The van der Waals surface area contributed by atoms with Gasteiger partial charge in [-0.3, -0.25) is 4.99 Å². The summed E-state index contributed by atoms with van der Waals surface area (Å²) in [6, 6.07) is 8.70. The second-order valence-corrected chi connectivity index (χ2v) is 6.67. The third kappa shape index (κ3) is 9.09. The third-order valence-electron chi connectivity index (χ3n) is 4.68. The number of aryl methyl sites for hydroxylation is 1. The zero-order valence-electron chi connectivity index (χ0n) is 17.3. The van der Waals surface area contributed by atoms with Crippen LogP contribution in [0.3, 0.4) is 0 Å². The van der Waals surface area contributed by atoms with Crippen molar-refractivity contribution in [3.05, 3.63) is 29.8 Å². The normalized spacial score (nSPS) is 12.9. The average Bonchev–Trinajstić information content (AvgIpc) is 2.67. The van der Waals surface area contributed by atoms with E-state index in [0.717, 1.165) is 50.6 Å². The molecule has 0 aliphatic heterocycles. The number of benzene rings is 1. The summed E-state index contributed by atoms with van der Waals surface area (Å²) in [6.45, 7) is 11.0. The van der Waals surface area contributed by atoms with E-state index in [-0.39, 0.29) is 0 Å². The van der Waals surface area contributed by atoms with Crippen LogP contribution in [0.2, 0.25) is 0 Å². The molecule has 0 aliphatic carbocycles. The monoisotopic (exact) mass is 362 g/mol. The molecule has 0 amide bonds. The molecule has 5 heteroatoms. The van der Waals surface area contributed by atoms with Crippen LogP contribution in [-0.4, -0.2) is 57.2 Å². The Morgan fingerprint density at radius 3 is 2.65 bits per heavy atom. The van der Waals surface area contributed by atoms with Gasteiger partial charge in [-0.2, -0.15) is 0 Å². The number of ether oxygens (including phenoxy) is 1. The molecule has 0 radical (unpaired) electrons. The number of hydrogen-bond donors (Lipinski definition) is 2. The van der Waals surface area contributed by atoms with Crippen molar-refractivity contribution >= 4 is 5.96 Å². The molecule has 5 nitrogen and oxygen atoms in total. The molecule has 0 aliphatic rings. The predicted octanol–water partition coefficient (Wildman–Crippen LogP) is 3.30. The third-order valence-corrected chi connectivity index (χ3v) is 4.68. The molecule has 0 heterocycles. The number of hydrogen-bond acceptors (Lipinski definition) is 3. The van der Waals surface area contributed by atoms with Gasteiger partial charge in [-0.25, -0.2) is 0 Å². The highest BCUT2D eigenvalue weighted by Gasteiger charge is 2.06. The largest absolute Gasteiger partial charge is 0.497 e. The van der Waals surface area contributed by atoms with E-state index in [9.17, 15) is 0 Å². The van der Waals surface area contributed by atoms with Crippen LogP contribution < -0.4 is 15.4 Å². The minimum absolute atomic E-state index is 0.426. The Morgan fingerprint density at radius 2 is 2.00 bits per heavy atom. The topological polar surface area (TPSA) is 48.9 Å². The van der Waals surface area contributed by atoms with E-state index in [1.165, 1.54) is 18.5 Å². The number of methoxy groups -OCH3 is 1. The maximum Gasteiger partial charge on any atom is 0.191 e. The molecule has 2 N–H and O–H groups in total. The van der Waals surface area contributed by atoms with Gasteiger partial charge in [0, 0.05) is 19.6 Å². The van der Waals surface area contributed by atoms with Gasteiger partial charge in [0.1, 0.15) is 5.75 Å². The first kappa shape index (κ1) is 22.3. The molecule has 0 saturated heterocycles. The van der Waals surface area contributed by atoms with Gasteiger partial charge in [0.15, 0.2) is 5.96 Å². The van der Waals surface area contributed by atoms with Crippen molar-refractivity contribution in [1.82, 2.24) is 15.5 Å². The Kier molecular flexibility index (Phi) is 11.5. The summed E-state index contributed by atoms with van der Waals surface area (Å²) in [5.41, 5.74) is 1.30. The van der Waals surface area contributed by atoms with Gasteiger partial charge >= 0.3 is 0 Å². The summed E-state index contributed by atoms with van der Waals surface area (Å²) in [6.07, 6.45) is 4.45. The van der Waals surface area contributed by atoms with E-state index >= 15 is 0 Å². The first-order valence-corrected chi connectivity index (χ1v) is 9.95. The maximum absolute atomic E-state index is 5.27. The van der Waals surface area contributed by atoms with Crippen LogP contribution in [-0.2, 0) is 6.42 Å². The van der Waals surface area contributed by atoms with E-state index in [0.29, 0.717) is 6.04 Å². The smallest absolute Gasteiger partial charge is 0.191 e. The van der Waals surface area contributed by atoms with Gasteiger partial charge in [-0.1, -0.05) is 26.0 Å². The van der Waals surface area contributed by atoms with E-state index < -0.39 is 0 Å². The Balaban J connectivity index is 2.23. The number of guanidine groups is 1. The van der Waals surface area contributed by atoms with Crippen LogP contribution in [0.1, 0.15) is 45.6 Å². The molecule has 1 aromatic carbocycles. The Labute approximate surface area is 160 Å². The van der Waals surface area contributed by atoms with E-state index in [4.69, 9.17) is 4.74 Å². The lowest BCUT2D eigenvalue weighted by Gasteiger charge is -2.21. The van der Waals surface area contributed by atoms with Gasteiger partial charge in [-0.15, -0.1) is 0 Å². The molecular weight excluding hydrogens is 324 g/mol. The van der Waals surface area contributed by atoms with Gasteiger partial charge in [0.2, 0.25) is 0 Å². The predicted molar refractivity (Wildman–Crippen MR) is 112 cm³/mol. The first-order chi connectivity index (χ1) is 12.6. The summed E-state index contributed by atoms with van der Waals surface area (Å²) in [5, 5.41) is 6.91. The van der Waals surface area contributed by atoms with E-state index in [2.05, 4.69) is 53.4 Å². The first-order valence-electron chi connectivity index (χ1n) is 9.95. The van der Waals surface area contributed by atoms with Gasteiger partial charge in [0.25, 0.3) is 0 Å². The van der Waals surface area contributed by atoms with Crippen LogP contribution in [0, 0.1) is 0 Å². The van der Waals surface area contributed by atoms with Crippen LogP contribution in [0.5, 0.6) is 5.75 Å². The van der Waals surface area contributed by atoms with Crippen LogP contribution in [0.25, 0.3) is 0 Å². The standard InChI is InChI=1S/C21H38N4O/c1-6-25(7-2)16-10-11-18(3)24-21(22-4)23-15-9-13-19-12-8-14-20(17-19)26-5/h8,12,14,17-18H,6-7,9-11,13,15-16H2,1-5H3,(H2,22,23,24). The quantitative estimate of drug-likeness (QED) is 0.340. The minimum atomic E-state index is 0.426. The van der Waals surface area contributed by atoms with Crippen molar-refractivity contribution < 1.29 is 4.74 Å². The average molecular weight is 363 g/mol. The van der Waals surface area contributed by atoms with Crippen molar-refractivity contribution in [2.75, 3.05) is 40.3 Å². The van der Waals surface area contributed by atoms with Gasteiger partial charge in [-0.05, 0) is 69.9 Å². The highest BCUT2D eigenvalue weighted by Crippen LogP contribution is 2.13. The molecule has 1 unspecified atom stereocenters. The Morgan fingerprint density at radius 1 is 1.23 bits per heavy atom. The highest BCUT2D eigenvalue weighted by atomic mass is 16.5. The lowest BCUT2D eigenvalue weighted by atomic mass is 10.1. The molecule has 148 valence electrons. The summed E-state index contributed by atoms with van der Waals surface area (Å²) in [7, 11) is 3.54. The number of aliphatic imine (C=N–C) groups is 1. The van der Waals surface area contributed by atoms with Crippen molar-refractivity contribution in [2.45, 2.75) is 52.5 Å². The van der Waals surface area contributed by atoms with Crippen LogP contribution in [0.4, 0.5) is 0 Å². The van der Waals surface area contributed by atoms with Crippen LogP contribution >= 0.6 is 0 Å². The zero-order chi connectivity index (χ0) is 19.2. The molecule has 0 bridgehead atoms. The van der Waals surface area contributed by atoms with E-state index in [1.807, 2.05) is 19.2 Å². The molecule has 0 saturated carbocycles. The number of rotatable bonds is 12. The summed E-state index contributed by atoms with van der Waals surface area (Å²) < 4.78 is 5.27. The molecule has 1 rings (SSSR count). The summed E-state index contributed by atoms with van der Waals surface area (Å²) >= 11 is 0. The zero-order valence-corrected chi connectivity index (χ0v) is 17.3.